The van der Waals surface area contributed by atoms with Gasteiger partial charge in [-0.2, -0.15) is 0 Å². The van der Waals surface area contributed by atoms with Crippen molar-refractivity contribution in [3.8, 4) is 11.1 Å². The number of nitrogens with one attached hydrogen (secondary N) is 1. The first-order chi connectivity index (χ1) is 15.4. The fourth-order valence-corrected chi connectivity index (χ4v) is 4.07. The highest BCUT2D eigenvalue weighted by atomic mass is 19.1. The second-order valence-corrected chi connectivity index (χ2v) is 8.16. The van der Waals surface area contributed by atoms with E-state index in [9.17, 15) is 18.8 Å². The number of hydrogen-bond acceptors (Lipinski definition) is 3. The second kappa shape index (κ2) is 10.9. The number of benzene rings is 2. The maximum absolute atomic E-state index is 14.3. The minimum absolute atomic E-state index is 0.0259. The van der Waals surface area contributed by atoms with Crippen LogP contribution < -0.4 is 5.32 Å². The third kappa shape index (κ3) is 5.93. The van der Waals surface area contributed by atoms with Crippen LogP contribution in [0.4, 0.5) is 4.39 Å². The minimum atomic E-state index is -0.402. The van der Waals surface area contributed by atoms with E-state index in [0.29, 0.717) is 38.2 Å². The van der Waals surface area contributed by atoms with Gasteiger partial charge in [0.05, 0.1) is 12.5 Å². The zero-order valence-corrected chi connectivity index (χ0v) is 18.6. The molecular formula is C25H30FN3O3. The molecule has 170 valence electrons. The molecule has 2 aromatic carbocycles. The zero-order valence-electron chi connectivity index (χ0n) is 18.6. The van der Waals surface area contributed by atoms with Crippen LogP contribution in [0.1, 0.15) is 25.8 Å². The van der Waals surface area contributed by atoms with Gasteiger partial charge in [-0.15, -0.1) is 0 Å². The number of carbonyl (C=O) groups is 3. The van der Waals surface area contributed by atoms with Gasteiger partial charge in [-0.1, -0.05) is 49.4 Å². The van der Waals surface area contributed by atoms with E-state index in [0.717, 1.165) is 17.5 Å². The quantitative estimate of drug-likeness (QED) is 0.721. The van der Waals surface area contributed by atoms with Crippen LogP contribution in [0.3, 0.4) is 0 Å². The predicted molar refractivity (Wildman–Crippen MR) is 121 cm³/mol. The van der Waals surface area contributed by atoms with Crippen LogP contribution in [0, 0.1) is 11.7 Å². The average Bonchev–Trinajstić information content (AvgIpc) is 2.92. The molecule has 1 aliphatic heterocycles. The summed E-state index contributed by atoms with van der Waals surface area (Å²) in [5.74, 6) is -1.13. The summed E-state index contributed by atoms with van der Waals surface area (Å²) >= 11 is 0. The summed E-state index contributed by atoms with van der Waals surface area (Å²) in [7, 11) is 0. The van der Waals surface area contributed by atoms with Crippen molar-refractivity contribution in [1.82, 2.24) is 15.1 Å². The summed E-state index contributed by atoms with van der Waals surface area (Å²) in [5.41, 5.74) is 2.18. The molecule has 0 aromatic heterocycles. The third-order valence-electron chi connectivity index (χ3n) is 5.67. The maximum Gasteiger partial charge on any atom is 0.242 e. The molecule has 32 heavy (non-hydrogen) atoms. The van der Waals surface area contributed by atoms with Gasteiger partial charge >= 0.3 is 0 Å². The Hall–Kier alpha value is -3.22. The number of nitrogens with zero attached hydrogens (tertiary/aromatic N) is 2. The number of rotatable bonds is 7. The van der Waals surface area contributed by atoms with Crippen molar-refractivity contribution >= 4 is 17.7 Å². The number of carbonyl (C=O) groups excluding carboxylic acids is 3. The Morgan fingerprint density at radius 2 is 1.91 bits per heavy atom. The van der Waals surface area contributed by atoms with Gasteiger partial charge in [0.25, 0.3) is 0 Å². The first-order valence-electron chi connectivity index (χ1n) is 11.0. The SMILES string of the molecule is CCCN1CCN(C(=O)CNC(C)=O)C[C@@H](Cc2cccc(-c3ccccc3F)c2)C1=O. The summed E-state index contributed by atoms with van der Waals surface area (Å²) in [4.78, 5) is 40.6. The standard InChI is InChI=1S/C25H30FN3O3/c1-3-11-28-12-13-29(24(31)16-27-18(2)30)17-21(25(28)32)15-19-7-6-8-20(14-19)22-9-4-5-10-23(22)26/h4-10,14,21H,3,11-13,15-17H2,1-2H3,(H,27,30)/t21-/m1/s1. The molecule has 1 saturated heterocycles. The minimum Gasteiger partial charge on any atom is -0.347 e. The third-order valence-corrected chi connectivity index (χ3v) is 5.67. The Morgan fingerprint density at radius 1 is 1.12 bits per heavy atom. The Kier molecular flexibility index (Phi) is 7.98. The molecule has 0 radical (unpaired) electrons. The Balaban J connectivity index is 1.82. The molecule has 1 aliphatic rings. The normalized spacial score (nSPS) is 16.6. The predicted octanol–water partition coefficient (Wildman–Crippen LogP) is 2.87. The molecule has 2 aromatic rings. The highest BCUT2D eigenvalue weighted by Gasteiger charge is 2.32. The van der Waals surface area contributed by atoms with E-state index in [-0.39, 0.29) is 30.1 Å². The van der Waals surface area contributed by atoms with Gasteiger partial charge in [0.1, 0.15) is 5.82 Å². The van der Waals surface area contributed by atoms with Gasteiger partial charge in [-0.3, -0.25) is 14.4 Å². The summed E-state index contributed by atoms with van der Waals surface area (Å²) < 4.78 is 14.3. The van der Waals surface area contributed by atoms with Crippen LogP contribution in [0.25, 0.3) is 11.1 Å². The number of hydrogen-bond donors (Lipinski definition) is 1. The lowest BCUT2D eigenvalue weighted by Crippen LogP contribution is -2.42. The highest BCUT2D eigenvalue weighted by Crippen LogP contribution is 2.25. The first kappa shape index (κ1) is 23.4. The lowest BCUT2D eigenvalue weighted by molar-refractivity contribution is -0.135. The molecule has 6 nitrogen and oxygen atoms in total. The molecule has 1 N–H and O–H groups in total. The Labute approximate surface area is 188 Å². The molecule has 7 heteroatoms. The van der Waals surface area contributed by atoms with E-state index in [1.165, 1.54) is 13.0 Å². The van der Waals surface area contributed by atoms with Crippen molar-refractivity contribution < 1.29 is 18.8 Å². The van der Waals surface area contributed by atoms with Crippen LogP contribution >= 0.6 is 0 Å². The van der Waals surface area contributed by atoms with Crippen molar-refractivity contribution in [2.45, 2.75) is 26.7 Å². The molecule has 3 rings (SSSR count). The van der Waals surface area contributed by atoms with Crippen LogP contribution in [-0.2, 0) is 20.8 Å². The summed E-state index contributed by atoms with van der Waals surface area (Å²) in [6.45, 7) is 5.16. The van der Waals surface area contributed by atoms with Gasteiger partial charge in [0.15, 0.2) is 0 Å². The van der Waals surface area contributed by atoms with E-state index in [1.807, 2.05) is 36.1 Å². The Morgan fingerprint density at radius 3 is 2.62 bits per heavy atom. The maximum atomic E-state index is 14.3. The van der Waals surface area contributed by atoms with Crippen LogP contribution in [0.5, 0.6) is 0 Å². The van der Waals surface area contributed by atoms with Gasteiger partial charge in [0.2, 0.25) is 17.7 Å². The van der Waals surface area contributed by atoms with Crippen molar-refractivity contribution in [2.24, 2.45) is 5.92 Å². The van der Waals surface area contributed by atoms with Crippen molar-refractivity contribution in [1.29, 1.82) is 0 Å². The van der Waals surface area contributed by atoms with Crippen LogP contribution in [0.2, 0.25) is 0 Å². The van der Waals surface area contributed by atoms with E-state index in [2.05, 4.69) is 5.32 Å². The molecule has 1 fully saturated rings. The topological polar surface area (TPSA) is 69.7 Å². The molecule has 1 atom stereocenters. The summed E-state index contributed by atoms with van der Waals surface area (Å²) in [5, 5.41) is 2.54. The number of amides is 3. The summed E-state index contributed by atoms with van der Waals surface area (Å²) in [6, 6.07) is 14.2. The van der Waals surface area contributed by atoms with Gasteiger partial charge in [-0.05, 0) is 30.0 Å². The molecule has 0 unspecified atom stereocenters. The lowest BCUT2D eigenvalue weighted by atomic mass is 9.94. The Bertz CT molecular complexity index is 978. The van der Waals surface area contributed by atoms with Crippen molar-refractivity contribution in [2.75, 3.05) is 32.7 Å². The van der Waals surface area contributed by atoms with Crippen molar-refractivity contribution in [3.63, 3.8) is 0 Å². The smallest absolute Gasteiger partial charge is 0.242 e. The highest BCUT2D eigenvalue weighted by molar-refractivity contribution is 5.85. The monoisotopic (exact) mass is 439 g/mol. The fourth-order valence-electron chi connectivity index (χ4n) is 4.07. The molecular weight excluding hydrogens is 409 g/mol. The molecule has 0 saturated carbocycles. The number of halogens is 1. The van der Waals surface area contributed by atoms with E-state index < -0.39 is 5.92 Å². The molecule has 0 bridgehead atoms. The van der Waals surface area contributed by atoms with E-state index >= 15 is 0 Å². The molecule has 0 spiro atoms. The van der Waals surface area contributed by atoms with E-state index in [4.69, 9.17) is 0 Å². The molecule has 0 aliphatic carbocycles. The second-order valence-electron chi connectivity index (χ2n) is 8.16. The van der Waals surface area contributed by atoms with E-state index in [1.54, 1.807) is 23.1 Å². The van der Waals surface area contributed by atoms with Crippen molar-refractivity contribution in [3.05, 3.63) is 59.9 Å². The van der Waals surface area contributed by atoms with Crippen LogP contribution in [0.15, 0.2) is 48.5 Å². The van der Waals surface area contributed by atoms with Gasteiger partial charge < -0.3 is 15.1 Å². The molecule has 3 amide bonds. The molecule has 1 heterocycles. The lowest BCUT2D eigenvalue weighted by Gasteiger charge is -2.24. The van der Waals surface area contributed by atoms with Gasteiger partial charge in [-0.25, -0.2) is 4.39 Å². The fraction of sp³-hybridized carbons (Fsp3) is 0.400. The largest absolute Gasteiger partial charge is 0.347 e. The average molecular weight is 440 g/mol. The first-order valence-corrected chi connectivity index (χ1v) is 11.0. The summed E-state index contributed by atoms with van der Waals surface area (Å²) in [6.07, 6.45) is 1.28. The zero-order chi connectivity index (χ0) is 23.1. The van der Waals surface area contributed by atoms with Crippen LogP contribution in [-0.4, -0.2) is 60.2 Å². The van der Waals surface area contributed by atoms with Gasteiger partial charge in [0, 0.05) is 38.7 Å².